The summed E-state index contributed by atoms with van der Waals surface area (Å²) in [7, 11) is 0. The SMILES string of the molecule is Nc1c(Cl)ncnc1N1CCCC(CO)C1. The molecule has 16 heavy (non-hydrogen) atoms. The van der Waals surface area contributed by atoms with Crippen LogP contribution in [0.4, 0.5) is 11.5 Å². The van der Waals surface area contributed by atoms with Crippen LogP contribution in [-0.4, -0.2) is 34.8 Å². The minimum absolute atomic E-state index is 0.204. The summed E-state index contributed by atoms with van der Waals surface area (Å²) < 4.78 is 0. The molecule has 1 aromatic heterocycles. The van der Waals surface area contributed by atoms with Gasteiger partial charge in [-0.3, -0.25) is 0 Å². The maximum atomic E-state index is 9.16. The van der Waals surface area contributed by atoms with E-state index in [4.69, 9.17) is 22.4 Å². The zero-order valence-electron chi connectivity index (χ0n) is 8.93. The number of nitrogens with two attached hydrogens (primary N) is 1. The number of nitrogen functional groups attached to an aromatic ring is 1. The molecule has 1 saturated heterocycles. The molecule has 5 nitrogen and oxygen atoms in total. The van der Waals surface area contributed by atoms with Crippen LogP contribution >= 0.6 is 11.6 Å². The highest BCUT2D eigenvalue weighted by atomic mass is 35.5. The van der Waals surface area contributed by atoms with Crippen LogP contribution < -0.4 is 10.6 Å². The average Bonchev–Trinajstić information content (AvgIpc) is 2.33. The van der Waals surface area contributed by atoms with Crippen molar-refractivity contribution in [3.63, 3.8) is 0 Å². The van der Waals surface area contributed by atoms with Gasteiger partial charge < -0.3 is 15.7 Å². The molecular formula is C10H15ClN4O. The predicted octanol–water partition coefficient (Wildman–Crippen LogP) is 0.921. The number of hydrogen-bond donors (Lipinski definition) is 2. The molecule has 0 saturated carbocycles. The Balaban J connectivity index is 2.20. The van der Waals surface area contributed by atoms with Crippen molar-refractivity contribution in [2.75, 3.05) is 30.3 Å². The second kappa shape index (κ2) is 4.84. The lowest BCUT2D eigenvalue weighted by Crippen LogP contribution is -2.37. The van der Waals surface area contributed by atoms with Crippen molar-refractivity contribution in [3.8, 4) is 0 Å². The number of aliphatic hydroxyl groups is 1. The van der Waals surface area contributed by atoms with Gasteiger partial charge in [-0.1, -0.05) is 11.6 Å². The molecule has 2 heterocycles. The lowest BCUT2D eigenvalue weighted by molar-refractivity contribution is 0.208. The third-order valence-electron chi connectivity index (χ3n) is 2.89. The lowest BCUT2D eigenvalue weighted by Gasteiger charge is -2.33. The Morgan fingerprint density at radius 2 is 2.38 bits per heavy atom. The number of aliphatic hydroxyl groups excluding tert-OH is 1. The molecule has 0 aromatic carbocycles. The first-order valence-electron chi connectivity index (χ1n) is 5.34. The first kappa shape index (κ1) is 11.4. The number of halogens is 1. The molecule has 88 valence electrons. The quantitative estimate of drug-likeness (QED) is 0.755. The molecule has 6 heteroatoms. The predicted molar refractivity (Wildman–Crippen MR) is 63.5 cm³/mol. The van der Waals surface area contributed by atoms with Crippen molar-refractivity contribution in [2.45, 2.75) is 12.8 Å². The van der Waals surface area contributed by atoms with E-state index in [9.17, 15) is 0 Å². The maximum Gasteiger partial charge on any atom is 0.157 e. The smallest absolute Gasteiger partial charge is 0.157 e. The topological polar surface area (TPSA) is 75.3 Å². The first-order chi connectivity index (χ1) is 7.72. The van der Waals surface area contributed by atoms with Gasteiger partial charge in [0.15, 0.2) is 11.0 Å². The average molecular weight is 243 g/mol. The summed E-state index contributed by atoms with van der Waals surface area (Å²) in [4.78, 5) is 10.0. The van der Waals surface area contributed by atoms with Crippen molar-refractivity contribution in [2.24, 2.45) is 5.92 Å². The van der Waals surface area contributed by atoms with Crippen LogP contribution in [0.3, 0.4) is 0 Å². The second-order valence-electron chi connectivity index (χ2n) is 4.04. The molecule has 1 aromatic rings. The van der Waals surface area contributed by atoms with E-state index in [1.165, 1.54) is 6.33 Å². The van der Waals surface area contributed by atoms with Crippen LogP contribution in [0, 0.1) is 5.92 Å². The highest BCUT2D eigenvalue weighted by Gasteiger charge is 2.22. The van der Waals surface area contributed by atoms with E-state index < -0.39 is 0 Å². The largest absolute Gasteiger partial charge is 0.396 e. The van der Waals surface area contributed by atoms with Crippen LogP contribution in [0.2, 0.25) is 5.15 Å². The number of piperidine rings is 1. The van der Waals surface area contributed by atoms with E-state index in [2.05, 4.69) is 14.9 Å². The molecule has 1 aliphatic heterocycles. The molecule has 0 spiro atoms. The van der Waals surface area contributed by atoms with Gasteiger partial charge in [0.05, 0.1) is 0 Å². The molecule has 2 rings (SSSR count). The van der Waals surface area contributed by atoms with E-state index in [0.29, 0.717) is 17.4 Å². The number of hydrogen-bond acceptors (Lipinski definition) is 5. The molecule has 0 amide bonds. The van der Waals surface area contributed by atoms with Crippen LogP contribution in [0.15, 0.2) is 6.33 Å². The molecule has 0 aliphatic carbocycles. The fraction of sp³-hybridized carbons (Fsp3) is 0.600. The second-order valence-corrected chi connectivity index (χ2v) is 4.40. The number of rotatable bonds is 2. The van der Waals surface area contributed by atoms with Crippen molar-refractivity contribution in [3.05, 3.63) is 11.5 Å². The van der Waals surface area contributed by atoms with Gasteiger partial charge in [0.25, 0.3) is 0 Å². The fourth-order valence-electron chi connectivity index (χ4n) is 2.02. The summed E-state index contributed by atoms with van der Waals surface area (Å²) >= 11 is 5.85. The summed E-state index contributed by atoms with van der Waals surface area (Å²) in [5.41, 5.74) is 6.26. The van der Waals surface area contributed by atoms with Crippen LogP contribution in [0.5, 0.6) is 0 Å². The van der Waals surface area contributed by atoms with Gasteiger partial charge in [-0.25, -0.2) is 9.97 Å². The molecule has 1 atom stereocenters. The first-order valence-corrected chi connectivity index (χ1v) is 5.72. The summed E-state index contributed by atoms with van der Waals surface area (Å²) in [5, 5.41) is 9.45. The molecule has 0 radical (unpaired) electrons. The molecular weight excluding hydrogens is 228 g/mol. The molecule has 0 bridgehead atoms. The van der Waals surface area contributed by atoms with Crippen LogP contribution in [-0.2, 0) is 0 Å². The van der Waals surface area contributed by atoms with E-state index in [-0.39, 0.29) is 11.8 Å². The van der Waals surface area contributed by atoms with Gasteiger partial charge in [0.1, 0.15) is 12.0 Å². The number of aromatic nitrogens is 2. The van der Waals surface area contributed by atoms with Gasteiger partial charge in [-0.2, -0.15) is 0 Å². The van der Waals surface area contributed by atoms with E-state index >= 15 is 0 Å². The molecule has 3 N–H and O–H groups in total. The lowest BCUT2D eigenvalue weighted by atomic mass is 9.99. The highest BCUT2D eigenvalue weighted by molar-refractivity contribution is 6.32. The van der Waals surface area contributed by atoms with Crippen LogP contribution in [0.25, 0.3) is 0 Å². The van der Waals surface area contributed by atoms with Gasteiger partial charge in [0, 0.05) is 19.7 Å². The summed E-state index contributed by atoms with van der Waals surface area (Å²) in [6.07, 6.45) is 3.49. The summed E-state index contributed by atoms with van der Waals surface area (Å²) in [6.45, 7) is 1.87. The Labute approximate surface area is 99.3 Å². The third-order valence-corrected chi connectivity index (χ3v) is 3.19. The Hall–Kier alpha value is -1.07. The van der Waals surface area contributed by atoms with E-state index in [1.54, 1.807) is 0 Å². The molecule has 1 aliphatic rings. The van der Waals surface area contributed by atoms with Crippen molar-refractivity contribution >= 4 is 23.1 Å². The van der Waals surface area contributed by atoms with Gasteiger partial charge in [0.2, 0.25) is 0 Å². The van der Waals surface area contributed by atoms with Crippen molar-refractivity contribution < 1.29 is 5.11 Å². The Kier molecular flexibility index (Phi) is 3.46. The maximum absolute atomic E-state index is 9.16. The summed E-state index contributed by atoms with van der Waals surface area (Å²) in [6, 6.07) is 0. The Morgan fingerprint density at radius 1 is 1.56 bits per heavy atom. The Morgan fingerprint density at radius 3 is 3.12 bits per heavy atom. The van der Waals surface area contributed by atoms with Gasteiger partial charge in [-0.15, -0.1) is 0 Å². The molecule has 1 unspecified atom stereocenters. The van der Waals surface area contributed by atoms with E-state index in [1.807, 2.05) is 0 Å². The van der Waals surface area contributed by atoms with Crippen molar-refractivity contribution in [1.82, 2.24) is 9.97 Å². The monoisotopic (exact) mass is 242 g/mol. The van der Waals surface area contributed by atoms with Crippen molar-refractivity contribution in [1.29, 1.82) is 0 Å². The van der Waals surface area contributed by atoms with Gasteiger partial charge >= 0.3 is 0 Å². The van der Waals surface area contributed by atoms with Gasteiger partial charge in [-0.05, 0) is 18.8 Å². The summed E-state index contributed by atoms with van der Waals surface area (Å²) in [5.74, 6) is 0.972. The Bertz CT molecular complexity index is 374. The fourth-order valence-corrected chi connectivity index (χ4v) is 2.15. The van der Waals surface area contributed by atoms with Crippen LogP contribution in [0.1, 0.15) is 12.8 Å². The zero-order chi connectivity index (χ0) is 11.5. The standard InChI is InChI=1S/C10H15ClN4O/c11-9-8(12)10(14-6-13-9)15-3-1-2-7(4-15)5-16/h6-7,16H,1-5,12H2. The third kappa shape index (κ3) is 2.20. The normalized spacial score (nSPS) is 21.1. The minimum Gasteiger partial charge on any atom is -0.396 e. The number of nitrogens with zero attached hydrogens (tertiary/aromatic N) is 3. The van der Waals surface area contributed by atoms with E-state index in [0.717, 1.165) is 25.9 Å². The number of anilines is 2. The minimum atomic E-state index is 0.204. The zero-order valence-corrected chi connectivity index (χ0v) is 9.69. The highest BCUT2D eigenvalue weighted by Crippen LogP contribution is 2.29. The molecule has 1 fully saturated rings.